The Morgan fingerprint density at radius 2 is 1.58 bits per heavy atom. The fraction of sp³-hybridized carbons (Fsp3) is 0.300. The van der Waals surface area contributed by atoms with Crippen molar-refractivity contribution in [1.29, 1.82) is 0 Å². The Morgan fingerprint density at radius 3 is 2.10 bits per heavy atom. The van der Waals surface area contributed by atoms with Gasteiger partial charge < -0.3 is 14.3 Å². The van der Waals surface area contributed by atoms with Crippen molar-refractivity contribution in [3.8, 4) is 5.69 Å². The van der Waals surface area contributed by atoms with Crippen LogP contribution in [0.1, 0.15) is 32.3 Å². The highest BCUT2D eigenvalue weighted by atomic mass is 19.4. The number of rotatable bonds is 3. The van der Waals surface area contributed by atoms with E-state index in [4.69, 9.17) is 4.52 Å². The number of benzene rings is 1. The van der Waals surface area contributed by atoms with E-state index >= 15 is 0 Å². The van der Waals surface area contributed by atoms with Crippen molar-refractivity contribution in [2.24, 2.45) is 0 Å². The van der Waals surface area contributed by atoms with Gasteiger partial charge in [-0.15, -0.1) is 0 Å². The monoisotopic (exact) mass is 433 g/mol. The van der Waals surface area contributed by atoms with Crippen molar-refractivity contribution >= 4 is 11.8 Å². The Morgan fingerprint density at radius 1 is 0.968 bits per heavy atom. The van der Waals surface area contributed by atoms with E-state index in [9.17, 15) is 22.8 Å². The molecule has 3 aromatic rings. The highest BCUT2D eigenvalue weighted by Crippen LogP contribution is 2.28. The summed E-state index contributed by atoms with van der Waals surface area (Å²) in [6.07, 6.45) is -3.30. The first-order valence-electron chi connectivity index (χ1n) is 9.47. The molecule has 0 bridgehead atoms. The zero-order chi connectivity index (χ0) is 22.2. The van der Waals surface area contributed by atoms with Gasteiger partial charge in [-0.3, -0.25) is 9.59 Å². The Kier molecular flexibility index (Phi) is 5.25. The summed E-state index contributed by atoms with van der Waals surface area (Å²) in [5, 5.41) is 7.22. The molecule has 1 saturated heterocycles. The molecule has 2 amide bonds. The van der Waals surface area contributed by atoms with Crippen LogP contribution in [0, 0.1) is 6.92 Å². The number of amides is 2. The molecule has 1 aliphatic rings. The molecule has 162 valence electrons. The third-order valence-electron chi connectivity index (χ3n) is 4.95. The van der Waals surface area contributed by atoms with Gasteiger partial charge in [0.25, 0.3) is 11.8 Å². The van der Waals surface area contributed by atoms with E-state index in [-0.39, 0.29) is 17.6 Å². The van der Waals surface area contributed by atoms with Gasteiger partial charge in [0, 0.05) is 44.0 Å². The summed E-state index contributed by atoms with van der Waals surface area (Å²) in [6, 6.07) is 8.61. The molecular formula is C20H18F3N5O3. The maximum Gasteiger partial charge on any atom is 0.435 e. The van der Waals surface area contributed by atoms with Gasteiger partial charge in [0.05, 0.1) is 11.4 Å². The standard InChI is InChI=1S/C20H18F3N5O3/c1-13-12-16(31-25-13)19(30)27-10-8-26(9-11-27)18(29)14-2-4-15(5-3-14)28-7-6-17(24-28)20(21,22)23/h2-7,12H,8-11H2,1H3. The van der Waals surface area contributed by atoms with Gasteiger partial charge in [0.2, 0.25) is 5.76 Å². The molecule has 0 radical (unpaired) electrons. The number of hydrogen-bond donors (Lipinski definition) is 0. The number of halogens is 3. The molecule has 1 aliphatic heterocycles. The normalized spacial score (nSPS) is 14.7. The van der Waals surface area contributed by atoms with Crippen LogP contribution in [0.2, 0.25) is 0 Å². The second-order valence-electron chi connectivity index (χ2n) is 7.11. The average molecular weight is 433 g/mol. The van der Waals surface area contributed by atoms with Crippen molar-refractivity contribution in [2.75, 3.05) is 26.2 Å². The van der Waals surface area contributed by atoms with Crippen molar-refractivity contribution in [3.63, 3.8) is 0 Å². The fourth-order valence-electron chi connectivity index (χ4n) is 3.29. The molecule has 0 unspecified atom stereocenters. The molecule has 0 aliphatic carbocycles. The molecule has 1 fully saturated rings. The molecule has 8 nitrogen and oxygen atoms in total. The van der Waals surface area contributed by atoms with Gasteiger partial charge in [-0.05, 0) is 37.3 Å². The maximum absolute atomic E-state index is 12.8. The summed E-state index contributed by atoms with van der Waals surface area (Å²) in [7, 11) is 0. The molecule has 2 aromatic heterocycles. The highest BCUT2D eigenvalue weighted by molar-refractivity contribution is 5.95. The van der Waals surface area contributed by atoms with Gasteiger partial charge in [-0.25, -0.2) is 4.68 Å². The van der Waals surface area contributed by atoms with Crippen LogP contribution in [0.15, 0.2) is 47.1 Å². The first-order valence-corrected chi connectivity index (χ1v) is 9.47. The first-order chi connectivity index (χ1) is 14.7. The summed E-state index contributed by atoms with van der Waals surface area (Å²) in [5.74, 6) is -0.319. The fourth-order valence-corrected chi connectivity index (χ4v) is 3.29. The minimum absolute atomic E-state index is 0.167. The van der Waals surface area contributed by atoms with E-state index in [0.29, 0.717) is 43.1 Å². The molecule has 11 heteroatoms. The first kappa shape index (κ1) is 20.6. The summed E-state index contributed by atoms with van der Waals surface area (Å²) in [5.41, 5.74) is 0.438. The molecule has 0 spiro atoms. The van der Waals surface area contributed by atoms with Gasteiger partial charge in [0.15, 0.2) is 5.69 Å². The predicted molar refractivity (Wildman–Crippen MR) is 102 cm³/mol. The molecule has 1 aromatic carbocycles. The van der Waals surface area contributed by atoms with E-state index in [1.165, 1.54) is 18.3 Å². The van der Waals surface area contributed by atoms with Crippen LogP contribution in [0.25, 0.3) is 5.69 Å². The number of hydrogen-bond acceptors (Lipinski definition) is 5. The number of alkyl halides is 3. The molecule has 0 atom stereocenters. The quantitative estimate of drug-likeness (QED) is 0.634. The number of nitrogens with zero attached hydrogens (tertiary/aromatic N) is 5. The second-order valence-corrected chi connectivity index (χ2v) is 7.11. The number of aromatic nitrogens is 3. The van der Waals surface area contributed by atoms with Crippen LogP contribution in [0.3, 0.4) is 0 Å². The lowest BCUT2D eigenvalue weighted by Crippen LogP contribution is -2.50. The van der Waals surface area contributed by atoms with Gasteiger partial charge in [0.1, 0.15) is 0 Å². The molecule has 31 heavy (non-hydrogen) atoms. The molecule has 4 rings (SSSR count). The number of aryl methyl sites for hydroxylation is 1. The molecular weight excluding hydrogens is 415 g/mol. The Balaban J connectivity index is 1.38. The predicted octanol–water partition coefficient (Wildman–Crippen LogP) is 2.79. The van der Waals surface area contributed by atoms with Crippen LogP contribution in [-0.2, 0) is 6.18 Å². The molecule has 0 saturated carbocycles. The number of carbonyl (C=O) groups is 2. The Hall–Kier alpha value is -3.63. The van der Waals surface area contributed by atoms with Crippen molar-refractivity contribution in [3.05, 3.63) is 65.3 Å². The third kappa shape index (κ3) is 4.30. The lowest BCUT2D eigenvalue weighted by Gasteiger charge is -2.34. The smallest absolute Gasteiger partial charge is 0.351 e. The van der Waals surface area contributed by atoms with Crippen LogP contribution < -0.4 is 0 Å². The molecule has 0 N–H and O–H groups in total. The minimum Gasteiger partial charge on any atom is -0.351 e. The maximum atomic E-state index is 12.8. The minimum atomic E-state index is -4.52. The van der Waals surface area contributed by atoms with E-state index in [1.54, 1.807) is 34.9 Å². The highest BCUT2D eigenvalue weighted by Gasteiger charge is 2.33. The number of carbonyl (C=O) groups excluding carboxylic acids is 2. The van der Waals surface area contributed by atoms with Crippen molar-refractivity contribution < 1.29 is 27.3 Å². The van der Waals surface area contributed by atoms with Crippen LogP contribution >= 0.6 is 0 Å². The van der Waals surface area contributed by atoms with E-state index in [1.807, 2.05) is 0 Å². The SMILES string of the molecule is Cc1cc(C(=O)N2CCN(C(=O)c3ccc(-n4ccc(C(F)(F)F)n4)cc3)CC2)on1. The second kappa shape index (κ2) is 7.89. The van der Waals surface area contributed by atoms with E-state index in [2.05, 4.69) is 10.3 Å². The largest absolute Gasteiger partial charge is 0.435 e. The summed E-state index contributed by atoms with van der Waals surface area (Å²) in [6.45, 7) is 3.15. The van der Waals surface area contributed by atoms with Crippen molar-refractivity contribution in [1.82, 2.24) is 24.7 Å². The van der Waals surface area contributed by atoms with E-state index < -0.39 is 11.9 Å². The molecule has 3 heterocycles. The summed E-state index contributed by atoms with van der Waals surface area (Å²) in [4.78, 5) is 28.4. The van der Waals surface area contributed by atoms with Gasteiger partial charge in [-0.2, -0.15) is 18.3 Å². The van der Waals surface area contributed by atoms with E-state index in [0.717, 1.165) is 10.7 Å². The van der Waals surface area contributed by atoms with Crippen molar-refractivity contribution in [2.45, 2.75) is 13.1 Å². The summed E-state index contributed by atoms with van der Waals surface area (Å²) < 4.78 is 44.2. The van der Waals surface area contributed by atoms with Crippen LogP contribution in [-0.4, -0.2) is 62.7 Å². The Labute approximate surface area is 174 Å². The third-order valence-corrected chi connectivity index (χ3v) is 4.95. The lowest BCUT2D eigenvalue weighted by molar-refractivity contribution is -0.141. The number of piperazine rings is 1. The summed E-state index contributed by atoms with van der Waals surface area (Å²) >= 11 is 0. The zero-order valence-electron chi connectivity index (χ0n) is 16.5. The van der Waals surface area contributed by atoms with Crippen LogP contribution in [0.5, 0.6) is 0 Å². The topological polar surface area (TPSA) is 84.5 Å². The Bertz CT molecular complexity index is 1100. The van der Waals surface area contributed by atoms with Crippen LogP contribution in [0.4, 0.5) is 13.2 Å². The average Bonchev–Trinajstić information content (AvgIpc) is 3.42. The van der Waals surface area contributed by atoms with Gasteiger partial charge >= 0.3 is 6.18 Å². The lowest BCUT2D eigenvalue weighted by atomic mass is 10.1. The zero-order valence-corrected chi connectivity index (χ0v) is 16.5. The van der Waals surface area contributed by atoms with Gasteiger partial charge in [-0.1, -0.05) is 5.16 Å².